The Kier molecular flexibility index (Phi) is 7.78. The minimum atomic E-state index is -0.247. The molecule has 248 valence electrons. The van der Waals surface area contributed by atoms with Gasteiger partial charge in [-0.15, -0.1) is 0 Å². The summed E-state index contributed by atoms with van der Waals surface area (Å²) in [5, 5.41) is 0. The van der Waals surface area contributed by atoms with Gasteiger partial charge >= 0.3 is 0 Å². The summed E-state index contributed by atoms with van der Waals surface area (Å²) in [6.07, 6.45) is 0. The van der Waals surface area contributed by atoms with Gasteiger partial charge in [-0.1, -0.05) is 147 Å². The van der Waals surface area contributed by atoms with Gasteiger partial charge in [-0.25, -0.2) is 15.0 Å². The first-order chi connectivity index (χ1) is 25.5. The van der Waals surface area contributed by atoms with Crippen molar-refractivity contribution in [3.63, 3.8) is 0 Å². The van der Waals surface area contributed by atoms with Crippen molar-refractivity contribution in [2.24, 2.45) is 0 Å². The molecule has 0 aliphatic carbocycles. The smallest absolute Gasteiger partial charge is 0.164 e. The quantitative estimate of drug-likeness (QED) is 0.177. The van der Waals surface area contributed by atoms with E-state index in [-0.39, 0.29) is 5.41 Å². The van der Waals surface area contributed by atoms with Crippen molar-refractivity contribution in [1.82, 2.24) is 15.0 Å². The second-order valence-corrected chi connectivity index (χ2v) is 13.7. The van der Waals surface area contributed by atoms with Crippen LogP contribution in [0.4, 0.5) is 17.1 Å². The van der Waals surface area contributed by atoms with Gasteiger partial charge in [0.05, 0.1) is 11.4 Å². The molecule has 4 nitrogen and oxygen atoms in total. The number of aromatic nitrogens is 3. The third kappa shape index (κ3) is 5.65. The predicted octanol–water partition coefficient (Wildman–Crippen LogP) is 12.3. The molecule has 1 aliphatic rings. The molecule has 1 aliphatic heterocycles. The van der Waals surface area contributed by atoms with E-state index in [9.17, 15) is 0 Å². The van der Waals surface area contributed by atoms with Crippen molar-refractivity contribution in [2.45, 2.75) is 19.3 Å². The van der Waals surface area contributed by atoms with Crippen molar-refractivity contribution >= 4 is 17.1 Å². The van der Waals surface area contributed by atoms with Gasteiger partial charge < -0.3 is 4.90 Å². The topological polar surface area (TPSA) is 41.9 Å². The summed E-state index contributed by atoms with van der Waals surface area (Å²) in [6, 6.07) is 63.9. The Morgan fingerprint density at radius 2 is 0.673 bits per heavy atom. The molecular formula is C48H36N4. The van der Waals surface area contributed by atoms with E-state index in [4.69, 9.17) is 15.0 Å². The average Bonchev–Trinajstić information content (AvgIpc) is 3.22. The monoisotopic (exact) mass is 668 g/mol. The Morgan fingerprint density at radius 3 is 1.06 bits per heavy atom. The Bertz CT molecular complexity index is 2360. The van der Waals surface area contributed by atoms with Crippen LogP contribution in [0.1, 0.15) is 25.0 Å². The molecule has 4 heteroatoms. The number of nitrogens with zero attached hydrogens (tertiary/aromatic N) is 4. The number of hydrogen-bond donors (Lipinski definition) is 0. The fourth-order valence-electron chi connectivity index (χ4n) is 7.33. The van der Waals surface area contributed by atoms with Gasteiger partial charge in [0, 0.05) is 27.8 Å². The standard InChI is InChI=1S/C48H36N4/c1-48(2)41-31-38(33-15-7-3-8-16-33)25-29-43(41)52(44-30-26-39(32-42(44)48)34-17-9-4-10-18-34)40-27-23-37(24-28-40)47-50-45(35-19-11-5-12-20-35)49-46(51-47)36-21-13-6-14-22-36/h3-32H,1-2H3. The zero-order valence-electron chi connectivity index (χ0n) is 29.1. The third-order valence-corrected chi connectivity index (χ3v) is 10.1. The van der Waals surface area contributed by atoms with Gasteiger partial charge in [-0.3, -0.25) is 0 Å². The van der Waals surface area contributed by atoms with E-state index in [0.29, 0.717) is 17.5 Å². The van der Waals surface area contributed by atoms with Crippen LogP contribution in [0.25, 0.3) is 56.4 Å². The first kappa shape index (κ1) is 31.3. The van der Waals surface area contributed by atoms with E-state index in [1.807, 2.05) is 60.7 Å². The van der Waals surface area contributed by atoms with Crippen LogP contribution in [0, 0.1) is 0 Å². The molecule has 0 saturated heterocycles. The number of hydrogen-bond acceptors (Lipinski definition) is 4. The molecule has 0 unspecified atom stereocenters. The van der Waals surface area contributed by atoms with Gasteiger partial charge in [-0.05, 0) is 81.9 Å². The number of rotatable bonds is 6. The van der Waals surface area contributed by atoms with Crippen LogP contribution in [-0.4, -0.2) is 15.0 Å². The summed E-state index contributed by atoms with van der Waals surface area (Å²) in [6.45, 7) is 4.70. The highest BCUT2D eigenvalue weighted by atomic mass is 15.2. The summed E-state index contributed by atoms with van der Waals surface area (Å²) < 4.78 is 0. The van der Waals surface area contributed by atoms with E-state index in [1.54, 1.807) is 0 Å². The largest absolute Gasteiger partial charge is 0.310 e. The lowest BCUT2D eigenvalue weighted by Gasteiger charge is -2.42. The molecule has 0 radical (unpaired) electrons. The highest BCUT2D eigenvalue weighted by Crippen LogP contribution is 2.53. The summed E-state index contributed by atoms with van der Waals surface area (Å²) in [7, 11) is 0. The first-order valence-corrected chi connectivity index (χ1v) is 17.7. The van der Waals surface area contributed by atoms with Gasteiger partial charge in [0.25, 0.3) is 0 Å². The zero-order valence-corrected chi connectivity index (χ0v) is 29.1. The lowest BCUT2D eigenvalue weighted by molar-refractivity contribution is 0.632. The molecule has 2 heterocycles. The van der Waals surface area contributed by atoms with E-state index >= 15 is 0 Å². The maximum Gasteiger partial charge on any atom is 0.164 e. The van der Waals surface area contributed by atoms with Crippen molar-refractivity contribution < 1.29 is 0 Å². The Labute approximate surface area is 304 Å². The molecule has 0 saturated carbocycles. The molecule has 1 aromatic heterocycles. The molecule has 8 aromatic rings. The normalized spacial score (nSPS) is 12.9. The molecular weight excluding hydrogens is 633 g/mol. The molecule has 0 N–H and O–H groups in total. The fourth-order valence-corrected chi connectivity index (χ4v) is 7.33. The molecule has 0 atom stereocenters. The van der Waals surface area contributed by atoms with Gasteiger partial charge in [-0.2, -0.15) is 0 Å². The summed E-state index contributed by atoms with van der Waals surface area (Å²) >= 11 is 0. The molecule has 0 amide bonds. The lowest BCUT2D eigenvalue weighted by Crippen LogP contribution is -2.30. The van der Waals surface area contributed by atoms with Crippen molar-refractivity contribution in [1.29, 1.82) is 0 Å². The molecule has 0 bridgehead atoms. The van der Waals surface area contributed by atoms with Gasteiger partial charge in [0.2, 0.25) is 0 Å². The van der Waals surface area contributed by atoms with Gasteiger partial charge in [0.1, 0.15) is 0 Å². The van der Waals surface area contributed by atoms with Gasteiger partial charge in [0.15, 0.2) is 17.5 Å². The number of anilines is 3. The summed E-state index contributed by atoms with van der Waals surface area (Å²) in [4.78, 5) is 17.2. The maximum atomic E-state index is 4.97. The molecule has 9 rings (SSSR count). The first-order valence-electron chi connectivity index (χ1n) is 17.7. The Morgan fingerprint density at radius 1 is 0.346 bits per heavy atom. The molecule has 0 fully saturated rings. The van der Waals surface area contributed by atoms with Crippen LogP contribution < -0.4 is 4.90 Å². The zero-order chi connectivity index (χ0) is 35.1. The lowest BCUT2D eigenvalue weighted by atomic mass is 9.72. The highest BCUT2D eigenvalue weighted by molar-refractivity contribution is 5.89. The average molecular weight is 669 g/mol. The Hall–Kier alpha value is -6.65. The maximum absolute atomic E-state index is 4.97. The van der Waals surface area contributed by atoms with E-state index in [1.165, 1.54) is 44.8 Å². The van der Waals surface area contributed by atoms with Crippen LogP contribution in [0.3, 0.4) is 0 Å². The van der Waals surface area contributed by atoms with Crippen molar-refractivity contribution in [3.05, 3.63) is 193 Å². The second kappa shape index (κ2) is 12.9. The minimum Gasteiger partial charge on any atom is -0.310 e. The van der Waals surface area contributed by atoms with Crippen LogP contribution >= 0.6 is 0 Å². The fraction of sp³-hybridized carbons (Fsp3) is 0.0625. The van der Waals surface area contributed by atoms with Crippen LogP contribution in [0.2, 0.25) is 0 Å². The van der Waals surface area contributed by atoms with Crippen LogP contribution in [0.5, 0.6) is 0 Å². The SMILES string of the molecule is CC1(C)c2cc(-c3ccccc3)ccc2N(c2ccc(-c3nc(-c4ccccc4)nc(-c4ccccc4)n3)cc2)c2ccc(-c3ccccc3)cc21. The van der Waals surface area contributed by atoms with Crippen molar-refractivity contribution in [2.75, 3.05) is 4.90 Å². The van der Waals surface area contributed by atoms with E-state index in [2.05, 4.69) is 140 Å². The predicted molar refractivity (Wildman–Crippen MR) is 214 cm³/mol. The number of fused-ring (bicyclic) bond motifs is 2. The summed E-state index contributed by atoms with van der Waals surface area (Å²) in [5.74, 6) is 1.94. The minimum absolute atomic E-state index is 0.247. The molecule has 7 aromatic carbocycles. The second-order valence-electron chi connectivity index (χ2n) is 13.7. The molecule has 52 heavy (non-hydrogen) atoms. The Balaban J connectivity index is 1.18. The third-order valence-electron chi connectivity index (χ3n) is 10.1. The summed E-state index contributed by atoms with van der Waals surface area (Å²) in [5.41, 5.74) is 13.4. The van der Waals surface area contributed by atoms with Crippen molar-refractivity contribution in [3.8, 4) is 56.4 Å². The highest BCUT2D eigenvalue weighted by Gasteiger charge is 2.37. The van der Waals surface area contributed by atoms with E-state index < -0.39 is 0 Å². The van der Waals surface area contributed by atoms with E-state index in [0.717, 1.165) is 22.4 Å². The van der Waals surface area contributed by atoms with Crippen LogP contribution in [-0.2, 0) is 5.41 Å². The van der Waals surface area contributed by atoms with Crippen LogP contribution in [0.15, 0.2) is 182 Å². The molecule has 0 spiro atoms. The number of benzene rings is 7.